The standard InChI is InChI=1S/C12H24N2O2/c1-11(6-9-15)10-13-12(16)14-7-4-2-3-5-8-14/h11,15H,2-10H2,1H3,(H,13,16). The number of nitrogens with zero attached hydrogens (tertiary/aromatic N) is 1. The average molecular weight is 228 g/mol. The van der Waals surface area contributed by atoms with Crippen LogP contribution in [0.4, 0.5) is 4.79 Å². The third-order valence-electron chi connectivity index (χ3n) is 3.12. The average Bonchev–Trinajstić information content (AvgIpc) is 2.55. The molecule has 4 nitrogen and oxygen atoms in total. The summed E-state index contributed by atoms with van der Waals surface area (Å²) in [6.45, 7) is 4.68. The van der Waals surface area contributed by atoms with Gasteiger partial charge in [0.15, 0.2) is 0 Å². The van der Waals surface area contributed by atoms with Gasteiger partial charge in [-0.15, -0.1) is 0 Å². The zero-order valence-electron chi connectivity index (χ0n) is 10.2. The van der Waals surface area contributed by atoms with Crippen molar-refractivity contribution < 1.29 is 9.90 Å². The second-order valence-corrected chi connectivity index (χ2v) is 4.70. The maximum atomic E-state index is 11.8. The highest BCUT2D eigenvalue weighted by Crippen LogP contribution is 2.09. The summed E-state index contributed by atoms with van der Waals surface area (Å²) in [6.07, 6.45) is 5.48. The number of carbonyl (C=O) groups is 1. The fourth-order valence-electron chi connectivity index (χ4n) is 1.97. The van der Waals surface area contributed by atoms with Crippen LogP contribution in [-0.2, 0) is 0 Å². The van der Waals surface area contributed by atoms with Crippen molar-refractivity contribution in [2.75, 3.05) is 26.2 Å². The minimum atomic E-state index is 0.0617. The lowest BCUT2D eigenvalue weighted by atomic mass is 10.1. The lowest BCUT2D eigenvalue weighted by Crippen LogP contribution is -2.42. The van der Waals surface area contributed by atoms with Crippen LogP contribution < -0.4 is 5.32 Å². The van der Waals surface area contributed by atoms with E-state index in [1.165, 1.54) is 12.8 Å². The number of aliphatic hydroxyl groups is 1. The van der Waals surface area contributed by atoms with Crippen LogP contribution in [0, 0.1) is 5.92 Å². The molecule has 0 spiro atoms. The van der Waals surface area contributed by atoms with Crippen molar-refractivity contribution in [3.63, 3.8) is 0 Å². The molecular formula is C12H24N2O2. The second-order valence-electron chi connectivity index (χ2n) is 4.70. The van der Waals surface area contributed by atoms with E-state index in [9.17, 15) is 4.79 Å². The predicted octanol–water partition coefficient (Wildman–Crippen LogP) is 1.59. The molecule has 1 rings (SSSR count). The van der Waals surface area contributed by atoms with Crippen LogP contribution in [0.25, 0.3) is 0 Å². The van der Waals surface area contributed by atoms with Crippen LogP contribution >= 0.6 is 0 Å². The van der Waals surface area contributed by atoms with Crippen LogP contribution in [0.3, 0.4) is 0 Å². The third kappa shape index (κ3) is 4.84. The van der Waals surface area contributed by atoms with Crippen LogP contribution in [0.2, 0.25) is 0 Å². The van der Waals surface area contributed by atoms with E-state index in [1.54, 1.807) is 0 Å². The molecule has 1 saturated heterocycles. The molecule has 0 aromatic rings. The quantitative estimate of drug-likeness (QED) is 0.767. The Morgan fingerprint density at radius 3 is 2.50 bits per heavy atom. The Kier molecular flexibility index (Phi) is 6.23. The first kappa shape index (κ1) is 13.3. The van der Waals surface area contributed by atoms with Gasteiger partial charge in [-0.1, -0.05) is 19.8 Å². The highest BCUT2D eigenvalue weighted by molar-refractivity contribution is 5.74. The Hall–Kier alpha value is -0.770. The molecule has 1 aliphatic rings. The van der Waals surface area contributed by atoms with Crippen molar-refractivity contribution in [3.05, 3.63) is 0 Å². The first-order valence-electron chi connectivity index (χ1n) is 6.37. The fraction of sp³-hybridized carbons (Fsp3) is 0.917. The van der Waals surface area contributed by atoms with E-state index in [0.717, 1.165) is 32.4 Å². The van der Waals surface area contributed by atoms with Gasteiger partial charge in [0.05, 0.1) is 0 Å². The summed E-state index contributed by atoms with van der Waals surface area (Å²) in [5, 5.41) is 11.7. The largest absolute Gasteiger partial charge is 0.396 e. The van der Waals surface area contributed by atoms with Crippen molar-refractivity contribution in [1.82, 2.24) is 10.2 Å². The smallest absolute Gasteiger partial charge is 0.317 e. The highest BCUT2D eigenvalue weighted by Gasteiger charge is 2.15. The van der Waals surface area contributed by atoms with Gasteiger partial charge in [0.2, 0.25) is 0 Å². The minimum absolute atomic E-state index is 0.0617. The predicted molar refractivity (Wildman–Crippen MR) is 64.3 cm³/mol. The first-order valence-corrected chi connectivity index (χ1v) is 6.37. The van der Waals surface area contributed by atoms with E-state index in [2.05, 4.69) is 5.32 Å². The summed E-state index contributed by atoms with van der Waals surface area (Å²) < 4.78 is 0. The summed E-state index contributed by atoms with van der Waals surface area (Å²) >= 11 is 0. The molecule has 2 amide bonds. The van der Waals surface area contributed by atoms with E-state index in [-0.39, 0.29) is 12.6 Å². The van der Waals surface area contributed by atoms with Crippen LogP contribution in [-0.4, -0.2) is 42.3 Å². The Labute approximate surface area is 98.0 Å². The summed E-state index contributed by atoms with van der Waals surface area (Å²) in [5.41, 5.74) is 0. The summed E-state index contributed by atoms with van der Waals surface area (Å²) in [4.78, 5) is 13.7. The lowest BCUT2D eigenvalue weighted by molar-refractivity contribution is 0.196. The van der Waals surface area contributed by atoms with Gasteiger partial charge < -0.3 is 15.3 Å². The summed E-state index contributed by atoms with van der Waals surface area (Å²) in [7, 11) is 0. The van der Waals surface area contributed by atoms with Gasteiger partial charge in [0.1, 0.15) is 0 Å². The SMILES string of the molecule is CC(CCO)CNC(=O)N1CCCCCC1. The Morgan fingerprint density at radius 1 is 1.31 bits per heavy atom. The highest BCUT2D eigenvalue weighted by atomic mass is 16.3. The Balaban J connectivity index is 2.22. The molecule has 1 fully saturated rings. The van der Waals surface area contributed by atoms with Gasteiger partial charge in [-0.25, -0.2) is 4.79 Å². The van der Waals surface area contributed by atoms with Gasteiger partial charge in [-0.2, -0.15) is 0 Å². The number of rotatable bonds is 4. The molecule has 4 heteroatoms. The number of likely N-dealkylation sites (tertiary alicyclic amines) is 1. The van der Waals surface area contributed by atoms with Gasteiger partial charge in [0, 0.05) is 26.2 Å². The molecule has 0 aromatic carbocycles. The maximum absolute atomic E-state index is 11.8. The molecule has 0 aromatic heterocycles. The first-order chi connectivity index (χ1) is 7.74. The minimum Gasteiger partial charge on any atom is -0.396 e. The number of hydrogen-bond donors (Lipinski definition) is 2. The molecule has 2 N–H and O–H groups in total. The molecule has 1 heterocycles. The molecule has 1 atom stereocenters. The van der Waals surface area contributed by atoms with Crippen LogP contribution in [0.5, 0.6) is 0 Å². The van der Waals surface area contributed by atoms with E-state index < -0.39 is 0 Å². The van der Waals surface area contributed by atoms with E-state index >= 15 is 0 Å². The summed E-state index contributed by atoms with van der Waals surface area (Å²) in [6, 6.07) is 0.0617. The number of nitrogens with one attached hydrogen (secondary N) is 1. The maximum Gasteiger partial charge on any atom is 0.317 e. The number of aliphatic hydroxyl groups excluding tert-OH is 1. The van der Waals surface area contributed by atoms with E-state index in [0.29, 0.717) is 12.5 Å². The molecule has 0 saturated carbocycles. The third-order valence-corrected chi connectivity index (χ3v) is 3.12. The van der Waals surface area contributed by atoms with Crippen LogP contribution in [0.1, 0.15) is 39.0 Å². The zero-order chi connectivity index (χ0) is 11.8. The van der Waals surface area contributed by atoms with E-state index in [1.807, 2.05) is 11.8 Å². The zero-order valence-corrected chi connectivity index (χ0v) is 10.2. The molecule has 0 aliphatic carbocycles. The van der Waals surface area contributed by atoms with Crippen molar-refractivity contribution >= 4 is 6.03 Å². The molecular weight excluding hydrogens is 204 g/mol. The topological polar surface area (TPSA) is 52.6 Å². The second kappa shape index (κ2) is 7.49. The Morgan fingerprint density at radius 2 is 1.94 bits per heavy atom. The fourth-order valence-corrected chi connectivity index (χ4v) is 1.97. The van der Waals surface area contributed by atoms with Crippen LogP contribution in [0.15, 0.2) is 0 Å². The number of carbonyl (C=O) groups excluding carboxylic acids is 1. The summed E-state index contributed by atoms with van der Waals surface area (Å²) in [5.74, 6) is 0.348. The molecule has 0 radical (unpaired) electrons. The Bertz CT molecular complexity index is 201. The number of hydrogen-bond acceptors (Lipinski definition) is 2. The number of urea groups is 1. The molecule has 94 valence electrons. The monoisotopic (exact) mass is 228 g/mol. The van der Waals surface area contributed by atoms with Crippen molar-refractivity contribution in [2.24, 2.45) is 5.92 Å². The van der Waals surface area contributed by atoms with E-state index in [4.69, 9.17) is 5.11 Å². The van der Waals surface area contributed by atoms with Crippen molar-refractivity contribution in [3.8, 4) is 0 Å². The van der Waals surface area contributed by atoms with Gasteiger partial charge in [-0.3, -0.25) is 0 Å². The molecule has 16 heavy (non-hydrogen) atoms. The van der Waals surface area contributed by atoms with Gasteiger partial charge in [0.25, 0.3) is 0 Å². The molecule has 1 unspecified atom stereocenters. The van der Waals surface area contributed by atoms with Crippen molar-refractivity contribution in [1.29, 1.82) is 0 Å². The van der Waals surface area contributed by atoms with Gasteiger partial charge in [-0.05, 0) is 25.2 Å². The number of amides is 2. The normalized spacial score (nSPS) is 19.0. The molecule has 0 bridgehead atoms. The lowest BCUT2D eigenvalue weighted by Gasteiger charge is -2.22. The van der Waals surface area contributed by atoms with Gasteiger partial charge >= 0.3 is 6.03 Å². The molecule has 1 aliphatic heterocycles. The van der Waals surface area contributed by atoms with Crippen molar-refractivity contribution in [2.45, 2.75) is 39.0 Å².